The molecule has 0 bridgehead atoms. The highest BCUT2D eigenvalue weighted by Crippen LogP contribution is 2.55. The lowest BCUT2D eigenvalue weighted by Crippen LogP contribution is -2.50. The zero-order valence-electron chi connectivity index (χ0n) is 15.9. The first-order valence-corrected chi connectivity index (χ1v) is 11.3. The van der Waals surface area contributed by atoms with Crippen LogP contribution in [0.25, 0.3) is 0 Å². The van der Waals surface area contributed by atoms with Gasteiger partial charge in [-0.2, -0.15) is 5.26 Å². The molecule has 10 heteroatoms. The lowest BCUT2D eigenvalue weighted by atomic mass is 9.64. The van der Waals surface area contributed by atoms with Crippen molar-refractivity contribution in [2.75, 3.05) is 16.5 Å². The van der Waals surface area contributed by atoms with Crippen molar-refractivity contribution in [2.24, 2.45) is 5.73 Å². The van der Waals surface area contributed by atoms with Crippen LogP contribution >= 0.6 is 23.1 Å². The second-order valence-corrected chi connectivity index (χ2v) is 9.12. The molecule has 1 atom stereocenters. The fourth-order valence-corrected chi connectivity index (χ4v) is 5.84. The molecule has 1 amide bonds. The topological polar surface area (TPSA) is 125 Å². The molecule has 5 rings (SSSR count). The number of aromatic nitrogens is 2. The number of nitrogens with one attached hydrogen (secondary N) is 1. The first kappa shape index (κ1) is 18.8. The number of hydrogen-bond acceptors (Lipinski definition) is 9. The molecule has 3 N–H and O–H groups in total. The van der Waals surface area contributed by atoms with Gasteiger partial charge in [0.1, 0.15) is 17.3 Å². The second kappa shape index (κ2) is 6.68. The van der Waals surface area contributed by atoms with Gasteiger partial charge in [0, 0.05) is 28.9 Å². The SMILES string of the molecule is CSc1nnc(N2C(N)=C(C#N)C3(C(=O)Nc4ccccc43)C3=C2CCCC3=O)s1. The maximum Gasteiger partial charge on any atom is 0.245 e. The van der Waals surface area contributed by atoms with Gasteiger partial charge < -0.3 is 11.1 Å². The predicted molar refractivity (Wildman–Crippen MR) is 114 cm³/mol. The average molecular weight is 437 g/mol. The van der Waals surface area contributed by atoms with Crippen molar-refractivity contribution < 1.29 is 9.59 Å². The maximum atomic E-state index is 13.4. The highest BCUT2D eigenvalue weighted by atomic mass is 32.2. The van der Waals surface area contributed by atoms with Gasteiger partial charge in [0.15, 0.2) is 10.1 Å². The van der Waals surface area contributed by atoms with Crippen LogP contribution in [-0.2, 0) is 15.0 Å². The van der Waals surface area contributed by atoms with Crippen LogP contribution in [0.3, 0.4) is 0 Å². The number of carbonyl (C=O) groups excluding carboxylic acids is 2. The standard InChI is InChI=1S/C20H16N6O2S2/c1-29-19-25-24-18(30-19)26-13-7-4-8-14(27)15(13)20(11(9-21)16(26)22)10-5-2-3-6-12(10)23-17(20)28/h2-3,5-6H,4,7-8,22H2,1H3,(H,23,28). The molecule has 3 aliphatic rings. The van der Waals surface area contributed by atoms with E-state index in [1.165, 1.54) is 23.1 Å². The largest absolute Gasteiger partial charge is 0.384 e. The van der Waals surface area contributed by atoms with E-state index in [0.29, 0.717) is 46.9 Å². The van der Waals surface area contributed by atoms with Gasteiger partial charge >= 0.3 is 0 Å². The zero-order valence-corrected chi connectivity index (χ0v) is 17.6. The Bertz CT molecular complexity index is 1220. The summed E-state index contributed by atoms with van der Waals surface area (Å²) in [6.45, 7) is 0. The molecule has 1 spiro atoms. The molecule has 30 heavy (non-hydrogen) atoms. The molecule has 150 valence electrons. The minimum absolute atomic E-state index is 0.0415. The summed E-state index contributed by atoms with van der Waals surface area (Å²) in [5.41, 5.74) is 7.15. The molecule has 0 fully saturated rings. The van der Waals surface area contributed by atoms with Gasteiger partial charge in [-0.15, -0.1) is 10.2 Å². The minimum Gasteiger partial charge on any atom is -0.384 e. The van der Waals surface area contributed by atoms with E-state index in [1.807, 2.05) is 6.26 Å². The minimum atomic E-state index is -1.54. The summed E-state index contributed by atoms with van der Waals surface area (Å²) < 4.78 is 0.741. The summed E-state index contributed by atoms with van der Waals surface area (Å²) in [6.07, 6.45) is 3.39. The molecule has 0 saturated carbocycles. The number of fused-ring (bicyclic) bond motifs is 3. The lowest BCUT2D eigenvalue weighted by Gasteiger charge is -2.42. The van der Waals surface area contributed by atoms with Crippen LogP contribution in [0.4, 0.5) is 10.8 Å². The van der Waals surface area contributed by atoms with Gasteiger partial charge in [-0.25, -0.2) is 0 Å². The van der Waals surface area contributed by atoms with E-state index in [4.69, 9.17) is 5.73 Å². The monoisotopic (exact) mass is 436 g/mol. The first-order valence-electron chi connectivity index (χ1n) is 9.29. The Hall–Kier alpha value is -3.16. The summed E-state index contributed by atoms with van der Waals surface area (Å²) in [4.78, 5) is 28.3. The van der Waals surface area contributed by atoms with Crippen LogP contribution in [0.1, 0.15) is 24.8 Å². The number of amides is 1. The van der Waals surface area contributed by atoms with Crippen LogP contribution in [0.2, 0.25) is 0 Å². The maximum absolute atomic E-state index is 13.4. The molecule has 1 aliphatic carbocycles. The van der Waals surface area contributed by atoms with E-state index < -0.39 is 11.3 Å². The summed E-state index contributed by atoms with van der Waals surface area (Å²) in [5, 5.41) is 21.9. The number of nitriles is 1. The van der Waals surface area contributed by atoms with Crippen LogP contribution in [0, 0.1) is 11.3 Å². The molecule has 0 saturated heterocycles. The third-order valence-corrected chi connectivity index (χ3v) is 7.58. The molecular weight excluding hydrogens is 420 g/mol. The number of anilines is 2. The van der Waals surface area contributed by atoms with Crippen LogP contribution in [0.5, 0.6) is 0 Å². The van der Waals surface area contributed by atoms with Crippen LogP contribution < -0.4 is 16.0 Å². The lowest BCUT2D eigenvalue weighted by molar-refractivity contribution is -0.122. The average Bonchev–Trinajstić information content (AvgIpc) is 3.32. The molecule has 3 heterocycles. The number of hydrogen-bond donors (Lipinski definition) is 2. The Kier molecular flexibility index (Phi) is 4.20. The Morgan fingerprint density at radius 2 is 2.10 bits per heavy atom. The van der Waals surface area contributed by atoms with Crippen molar-refractivity contribution in [2.45, 2.75) is 29.0 Å². The Morgan fingerprint density at radius 1 is 1.30 bits per heavy atom. The molecule has 1 aromatic heterocycles. The Balaban J connectivity index is 1.86. The fraction of sp³-hybridized carbons (Fsp3) is 0.250. The zero-order chi connectivity index (χ0) is 21.0. The highest BCUT2D eigenvalue weighted by Gasteiger charge is 2.60. The number of nitrogens with two attached hydrogens (primary N) is 1. The summed E-state index contributed by atoms with van der Waals surface area (Å²) in [7, 11) is 0. The van der Waals surface area contributed by atoms with Gasteiger partial charge in [-0.1, -0.05) is 41.3 Å². The number of benzene rings is 1. The molecule has 2 aromatic rings. The highest BCUT2D eigenvalue weighted by molar-refractivity contribution is 8.00. The molecule has 1 unspecified atom stereocenters. The molecule has 1 aromatic carbocycles. The second-order valence-electron chi connectivity index (χ2n) is 7.11. The van der Waals surface area contributed by atoms with Crippen molar-refractivity contribution in [3.8, 4) is 6.07 Å². The normalized spacial score (nSPS) is 22.9. The smallest absolute Gasteiger partial charge is 0.245 e. The number of rotatable bonds is 2. The third-order valence-electron chi connectivity index (χ3n) is 5.70. The van der Waals surface area contributed by atoms with E-state index in [-0.39, 0.29) is 17.2 Å². The number of ketones is 1. The van der Waals surface area contributed by atoms with Gasteiger partial charge in [-0.05, 0) is 25.2 Å². The van der Waals surface area contributed by atoms with E-state index in [1.54, 1.807) is 29.2 Å². The number of Topliss-reactive ketones (excluding diaryl/α,β-unsaturated/α-hetero) is 1. The van der Waals surface area contributed by atoms with E-state index in [2.05, 4.69) is 21.6 Å². The number of carbonyl (C=O) groups is 2. The van der Waals surface area contributed by atoms with E-state index >= 15 is 0 Å². The van der Waals surface area contributed by atoms with E-state index in [0.717, 1.165) is 4.34 Å². The number of para-hydroxylation sites is 1. The van der Waals surface area contributed by atoms with Crippen molar-refractivity contribution in [3.05, 3.63) is 52.5 Å². The third kappa shape index (κ3) is 2.27. The van der Waals surface area contributed by atoms with Crippen molar-refractivity contribution in [1.29, 1.82) is 5.26 Å². The van der Waals surface area contributed by atoms with Crippen molar-refractivity contribution >= 4 is 45.6 Å². The number of nitrogens with zero attached hydrogens (tertiary/aromatic N) is 4. The van der Waals surface area contributed by atoms with Gasteiger partial charge in [-0.3, -0.25) is 14.5 Å². The quantitative estimate of drug-likeness (QED) is 0.689. The molecular formula is C20H16N6O2S2. The summed E-state index contributed by atoms with van der Waals surface area (Å²) >= 11 is 2.78. The Morgan fingerprint density at radius 3 is 2.83 bits per heavy atom. The molecule has 2 aliphatic heterocycles. The van der Waals surface area contributed by atoms with Gasteiger partial charge in [0.25, 0.3) is 0 Å². The summed E-state index contributed by atoms with van der Waals surface area (Å²) in [6, 6.07) is 9.28. The Labute approximate surface area is 180 Å². The van der Waals surface area contributed by atoms with E-state index in [9.17, 15) is 14.9 Å². The number of thioether (sulfide) groups is 1. The van der Waals surface area contributed by atoms with Gasteiger partial charge in [0.2, 0.25) is 11.0 Å². The first-order chi connectivity index (χ1) is 14.5. The van der Waals surface area contributed by atoms with Crippen LogP contribution in [-0.4, -0.2) is 28.1 Å². The van der Waals surface area contributed by atoms with Crippen molar-refractivity contribution in [1.82, 2.24) is 10.2 Å². The van der Waals surface area contributed by atoms with Crippen LogP contribution in [0.15, 0.2) is 51.3 Å². The van der Waals surface area contributed by atoms with Crippen molar-refractivity contribution in [3.63, 3.8) is 0 Å². The fourth-order valence-electron chi connectivity index (χ4n) is 4.54. The predicted octanol–water partition coefficient (Wildman–Crippen LogP) is 2.67. The molecule has 8 nitrogen and oxygen atoms in total. The van der Waals surface area contributed by atoms with Gasteiger partial charge in [0.05, 0.1) is 5.57 Å². The molecule has 0 radical (unpaired) electrons. The summed E-state index contributed by atoms with van der Waals surface area (Å²) in [5.74, 6) is -0.461. The number of allylic oxidation sites excluding steroid dienone is 1.